The lowest BCUT2D eigenvalue weighted by Gasteiger charge is -2.09. The van der Waals surface area contributed by atoms with Crippen LogP contribution >= 0.6 is 11.3 Å². The molecule has 0 aliphatic heterocycles. The summed E-state index contributed by atoms with van der Waals surface area (Å²) in [6, 6.07) is 8.87. The summed E-state index contributed by atoms with van der Waals surface area (Å²) in [6.07, 6.45) is 0. The van der Waals surface area contributed by atoms with Crippen molar-refractivity contribution in [1.82, 2.24) is 5.32 Å². The normalized spacial score (nSPS) is 10.1. The number of rotatable bonds is 4. The molecule has 0 aliphatic rings. The van der Waals surface area contributed by atoms with Gasteiger partial charge in [0.1, 0.15) is 6.54 Å². The molecule has 0 unspecified atom stereocenters. The zero-order chi connectivity index (χ0) is 14.5. The minimum absolute atomic E-state index is 0.163. The number of carbonyl (C=O) groups excluding carboxylic acids is 2. The maximum Gasteiger partial charge on any atom is 0.325 e. The van der Waals surface area contributed by atoms with Gasteiger partial charge in [0, 0.05) is 21.7 Å². The van der Waals surface area contributed by atoms with Crippen LogP contribution in [0.2, 0.25) is 0 Å². The molecule has 20 heavy (non-hydrogen) atoms. The molecular formula is C14H14N2O3S. The van der Waals surface area contributed by atoms with Crippen LogP contribution in [0.5, 0.6) is 0 Å². The average molecular weight is 290 g/mol. The SMILES string of the molecule is COC(=O)CNC(=O)c1ccc(N)cc1-c1cccs1. The molecule has 0 spiro atoms. The Hall–Kier alpha value is -2.34. The number of nitrogens with two attached hydrogens (primary N) is 1. The molecule has 0 aliphatic carbocycles. The van der Waals surface area contributed by atoms with Crippen LogP contribution in [0.1, 0.15) is 10.4 Å². The largest absolute Gasteiger partial charge is 0.468 e. The van der Waals surface area contributed by atoms with Crippen molar-refractivity contribution >= 4 is 28.9 Å². The van der Waals surface area contributed by atoms with Crippen molar-refractivity contribution in [3.05, 3.63) is 41.3 Å². The number of nitrogen functional groups attached to an aromatic ring is 1. The zero-order valence-corrected chi connectivity index (χ0v) is 11.7. The summed E-state index contributed by atoms with van der Waals surface area (Å²) < 4.78 is 4.49. The van der Waals surface area contributed by atoms with Gasteiger partial charge in [-0.25, -0.2) is 0 Å². The lowest BCUT2D eigenvalue weighted by atomic mass is 10.0. The Labute approximate surface area is 120 Å². The molecule has 2 rings (SSSR count). The molecule has 0 saturated carbocycles. The van der Waals surface area contributed by atoms with Crippen LogP contribution < -0.4 is 11.1 Å². The summed E-state index contributed by atoms with van der Waals surface area (Å²) in [5.74, 6) is -0.828. The zero-order valence-electron chi connectivity index (χ0n) is 10.9. The first-order valence-electron chi connectivity index (χ1n) is 5.90. The minimum Gasteiger partial charge on any atom is -0.468 e. The molecule has 6 heteroatoms. The third-order valence-electron chi connectivity index (χ3n) is 2.70. The van der Waals surface area contributed by atoms with Gasteiger partial charge in [-0.15, -0.1) is 11.3 Å². The highest BCUT2D eigenvalue weighted by molar-refractivity contribution is 7.13. The van der Waals surface area contributed by atoms with E-state index in [1.165, 1.54) is 18.4 Å². The second-order valence-electron chi connectivity index (χ2n) is 4.04. The van der Waals surface area contributed by atoms with E-state index in [0.29, 0.717) is 11.3 Å². The topological polar surface area (TPSA) is 81.4 Å². The Bertz CT molecular complexity index is 623. The van der Waals surface area contributed by atoms with E-state index in [1.807, 2.05) is 17.5 Å². The predicted octanol–water partition coefficient (Wildman–Crippen LogP) is 1.90. The Balaban J connectivity index is 2.27. The number of hydrogen-bond donors (Lipinski definition) is 2. The van der Waals surface area contributed by atoms with Crippen LogP contribution in [0.4, 0.5) is 5.69 Å². The van der Waals surface area contributed by atoms with Gasteiger partial charge in [0.15, 0.2) is 0 Å². The number of benzene rings is 1. The number of hydrogen-bond acceptors (Lipinski definition) is 5. The van der Waals surface area contributed by atoms with Gasteiger partial charge < -0.3 is 15.8 Å². The van der Waals surface area contributed by atoms with Crippen LogP contribution in [0.15, 0.2) is 35.7 Å². The maximum absolute atomic E-state index is 12.1. The molecule has 1 heterocycles. The highest BCUT2D eigenvalue weighted by Crippen LogP contribution is 2.29. The van der Waals surface area contributed by atoms with E-state index in [-0.39, 0.29) is 12.5 Å². The predicted molar refractivity (Wildman–Crippen MR) is 78.5 cm³/mol. The number of carbonyl (C=O) groups is 2. The third-order valence-corrected chi connectivity index (χ3v) is 3.60. The Morgan fingerprint density at radius 3 is 2.80 bits per heavy atom. The first-order chi connectivity index (χ1) is 9.61. The van der Waals surface area contributed by atoms with Gasteiger partial charge >= 0.3 is 5.97 Å². The second kappa shape index (κ2) is 6.21. The quantitative estimate of drug-likeness (QED) is 0.665. The minimum atomic E-state index is -0.494. The maximum atomic E-state index is 12.1. The van der Waals surface area contributed by atoms with Crippen molar-refractivity contribution in [2.24, 2.45) is 0 Å². The van der Waals surface area contributed by atoms with Crippen molar-refractivity contribution in [1.29, 1.82) is 0 Å². The van der Waals surface area contributed by atoms with Crippen LogP contribution in [-0.2, 0) is 9.53 Å². The number of esters is 1. The number of methoxy groups -OCH3 is 1. The van der Waals surface area contributed by atoms with Crippen LogP contribution in [0, 0.1) is 0 Å². The van der Waals surface area contributed by atoms with Crippen molar-refractivity contribution in [3.63, 3.8) is 0 Å². The van der Waals surface area contributed by atoms with E-state index in [1.54, 1.807) is 18.2 Å². The van der Waals surface area contributed by atoms with Gasteiger partial charge in [-0.2, -0.15) is 0 Å². The number of ether oxygens (including phenoxy) is 1. The van der Waals surface area contributed by atoms with E-state index < -0.39 is 5.97 Å². The van der Waals surface area contributed by atoms with Crippen molar-refractivity contribution in [3.8, 4) is 10.4 Å². The number of thiophene rings is 1. The number of anilines is 1. The Morgan fingerprint density at radius 1 is 1.35 bits per heavy atom. The van der Waals surface area contributed by atoms with Crippen LogP contribution in [0.25, 0.3) is 10.4 Å². The molecule has 104 valence electrons. The summed E-state index contributed by atoms with van der Waals surface area (Å²) in [6.45, 7) is -0.163. The first-order valence-corrected chi connectivity index (χ1v) is 6.78. The number of amides is 1. The molecule has 2 aromatic rings. The monoisotopic (exact) mass is 290 g/mol. The summed E-state index contributed by atoms with van der Waals surface area (Å²) in [5.41, 5.74) is 7.59. The lowest BCUT2D eigenvalue weighted by Crippen LogP contribution is -2.30. The Morgan fingerprint density at radius 2 is 2.15 bits per heavy atom. The smallest absolute Gasteiger partial charge is 0.325 e. The molecule has 1 aromatic carbocycles. The van der Waals surface area contributed by atoms with Gasteiger partial charge in [-0.1, -0.05) is 6.07 Å². The summed E-state index contributed by atoms with van der Waals surface area (Å²) in [7, 11) is 1.27. The fourth-order valence-electron chi connectivity index (χ4n) is 1.72. The molecule has 1 amide bonds. The van der Waals surface area contributed by atoms with Gasteiger partial charge in [0.2, 0.25) is 0 Å². The average Bonchev–Trinajstić information content (AvgIpc) is 2.98. The highest BCUT2D eigenvalue weighted by Gasteiger charge is 2.14. The van der Waals surface area contributed by atoms with Crippen LogP contribution in [-0.4, -0.2) is 25.5 Å². The van der Waals surface area contributed by atoms with Gasteiger partial charge in [-0.05, 0) is 29.6 Å². The Kier molecular flexibility index (Phi) is 4.37. The van der Waals surface area contributed by atoms with Gasteiger partial charge in [0.05, 0.1) is 7.11 Å². The van der Waals surface area contributed by atoms with Crippen LogP contribution in [0.3, 0.4) is 0 Å². The number of nitrogens with one attached hydrogen (secondary N) is 1. The standard InChI is InChI=1S/C14H14N2O3S/c1-19-13(17)8-16-14(18)10-5-4-9(15)7-11(10)12-3-2-6-20-12/h2-7H,8,15H2,1H3,(H,16,18). The summed E-state index contributed by atoms with van der Waals surface area (Å²) >= 11 is 1.52. The van der Waals surface area contributed by atoms with E-state index >= 15 is 0 Å². The van der Waals surface area contributed by atoms with E-state index in [4.69, 9.17) is 5.73 Å². The molecule has 5 nitrogen and oxygen atoms in total. The van der Waals surface area contributed by atoms with Crippen molar-refractivity contribution in [2.45, 2.75) is 0 Å². The van der Waals surface area contributed by atoms with E-state index in [2.05, 4.69) is 10.1 Å². The van der Waals surface area contributed by atoms with Crippen molar-refractivity contribution < 1.29 is 14.3 Å². The second-order valence-corrected chi connectivity index (χ2v) is 4.99. The highest BCUT2D eigenvalue weighted by atomic mass is 32.1. The third kappa shape index (κ3) is 3.16. The molecule has 0 bridgehead atoms. The van der Waals surface area contributed by atoms with E-state index in [0.717, 1.165) is 10.4 Å². The molecule has 0 fully saturated rings. The first kappa shape index (κ1) is 14.1. The fraction of sp³-hybridized carbons (Fsp3) is 0.143. The summed E-state index contributed by atoms with van der Waals surface area (Å²) in [4.78, 5) is 24.1. The lowest BCUT2D eigenvalue weighted by molar-refractivity contribution is -0.139. The molecule has 1 aromatic heterocycles. The molecular weight excluding hydrogens is 276 g/mol. The molecule has 0 saturated heterocycles. The summed E-state index contributed by atoms with van der Waals surface area (Å²) in [5, 5.41) is 4.45. The fourth-order valence-corrected chi connectivity index (χ4v) is 2.47. The molecule has 3 N–H and O–H groups in total. The molecule has 0 radical (unpaired) electrons. The van der Waals surface area contributed by atoms with Gasteiger partial charge in [-0.3, -0.25) is 9.59 Å². The molecule has 0 atom stereocenters. The van der Waals surface area contributed by atoms with Crippen molar-refractivity contribution in [2.75, 3.05) is 19.4 Å². The van der Waals surface area contributed by atoms with E-state index in [9.17, 15) is 9.59 Å². The van der Waals surface area contributed by atoms with Gasteiger partial charge in [0.25, 0.3) is 5.91 Å².